The summed E-state index contributed by atoms with van der Waals surface area (Å²) in [7, 11) is 1.67. The predicted octanol–water partition coefficient (Wildman–Crippen LogP) is 3.07. The van der Waals surface area contributed by atoms with E-state index < -0.39 is 0 Å². The number of ether oxygens (including phenoxy) is 1. The van der Waals surface area contributed by atoms with E-state index >= 15 is 0 Å². The molecule has 1 aromatic rings. The molecule has 0 saturated carbocycles. The minimum atomic E-state index is 0.0139. The number of carbonyl (C=O) groups excluding carboxylic acids is 2. The fourth-order valence-electron chi connectivity index (χ4n) is 3.61. The van der Waals surface area contributed by atoms with Gasteiger partial charge < -0.3 is 19.9 Å². The number of piperazine rings is 1. The van der Waals surface area contributed by atoms with Crippen molar-refractivity contribution in [1.82, 2.24) is 20.0 Å². The van der Waals surface area contributed by atoms with Gasteiger partial charge in [0, 0.05) is 64.3 Å². The van der Waals surface area contributed by atoms with Gasteiger partial charge in [-0.1, -0.05) is 43.7 Å². The number of nitrogens with zero attached hydrogens (tertiary/aromatic N) is 3. The second-order valence-electron chi connectivity index (χ2n) is 7.75. The quantitative estimate of drug-likeness (QED) is 0.586. The Labute approximate surface area is 187 Å². The number of carbonyl (C=O) groups is 2. The lowest BCUT2D eigenvalue weighted by Crippen LogP contribution is -2.53. The molecule has 0 atom stereocenters. The van der Waals surface area contributed by atoms with Crippen molar-refractivity contribution < 1.29 is 14.3 Å². The number of nitrogens with one attached hydrogen (secondary N) is 1. The van der Waals surface area contributed by atoms with Crippen LogP contribution in [0.1, 0.15) is 38.7 Å². The average Bonchev–Trinajstić information content (AvgIpc) is 2.80. The summed E-state index contributed by atoms with van der Waals surface area (Å²) < 4.78 is 5.40. The number of urea groups is 1. The molecule has 0 spiro atoms. The molecule has 1 fully saturated rings. The lowest BCUT2D eigenvalue weighted by atomic mass is 10.2. The predicted molar refractivity (Wildman–Crippen MR) is 125 cm³/mol. The molecule has 0 aliphatic carbocycles. The van der Waals surface area contributed by atoms with Crippen LogP contribution >= 0.6 is 0 Å². The van der Waals surface area contributed by atoms with Crippen LogP contribution in [-0.4, -0.2) is 86.1 Å². The normalized spacial score (nSPS) is 14.6. The third-order valence-corrected chi connectivity index (χ3v) is 5.53. The number of para-hydroxylation sites is 1. The second-order valence-corrected chi connectivity index (χ2v) is 7.75. The fourth-order valence-corrected chi connectivity index (χ4v) is 3.61. The molecule has 1 N–H and O–H groups in total. The molecule has 7 heteroatoms. The Balaban J connectivity index is 1.89. The van der Waals surface area contributed by atoms with E-state index in [2.05, 4.69) is 17.1 Å². The van der Waals surface area contributed by atoms with Crippen LogP contribution in [0.4, 0.5) is 4.79 Å². The Morgan fingerprint density at radius 1 is 1.16 bits per heavy atom. The SMILES string of the molecule is CCCCC(=O)N(C/C=C/c1ccccc1OC)CCN1CCN(C(=O)NCC)CC1. The van der Waals surface area contributed by atoms with Gasteiger partial charge in [0.1, 0.15) is 5.75 Å². The molecule has 0 unspecified atom stereocenters. The summed E-state index contributed by atoms with van der Waals surface area (Å²) in [6.07, 6.45) is 6.57. The minimum Gasteiger partial charge on any atom is -0.496 e. The third-order valence-electron chi connectivity index (χ3n) is 5.53. The zero-order chi connectivity index (χ0) is 22.5. The molecule has 1 aliphatic heterocycles. The van der Waals surface area contributed by atoms with Gasteiger partial charge in [-0.25, -0.2) is 4.79 Å². The van der Waals surface area contributed by atoms with E-state index in [0.29, 0.717) is 26.1 Å². The molecule has 1 aromatic carbocycles. The Morgan fingerprint density at radius 2 is 1.90 bits per heavy atom. The van der Waals surface area contributed by atoms with Crippen molar-refractivity contribution in [2.45, 2.75) is 33.1 Å². The van der Waals surface area contributed by atoms with Crippen molar-refractivity contribution >= 4 is 18.0 Å². The van der Waals surface area contributed by atoms with Crippen LogP contribution in [0.5, 0.6) is 5.75 Å². The Hall–Kier alpha value is -2.54. The van der Waals surface area contributed by atoms with E-state index in [-0.39, 0.29) is 11.9 Å². The Kier molecular flexibility index (Phi) is 10.9. The maximum absolute atomic E-state index is 12.7. The highest BCUT2D eigenvalue weighted by molar-refractivity contribution is 5.76. The highest BCUT2D eigenvalue weighted by Gasteiger charge is 2.21. The smallest absolute Gasteiger partial charge is 0.317 e. The van der Waals surface area contributed by atoms with Crippen LogP contribution in [0.15, 0.2) is 30.3 Å². The molecule has 2 rings (SSSR count). The highest BCUT2D eigenvalue weighted by atomic mass is 16.5. The van der Waals surface area contributed by atoms with Crippen molar-refractivity contribution in [3.63, 3.8) is 0 Å². The van der Waals surface area contributed by atoms with Gasteiger partial charge in [-0.2, -0.15) is 0 Å². The van der Waals surface area contributed by atoms with E-state index in [1.807, 2.05) is 53.1 Å². The molecular formula is C24H38N4O3. The van der Waals surface area contributed by atoms with Gasteiger partial charge in [-0.15, -0.1) is 0 Å². The number of rotatable bonds is 11. The summed E-state index contributed by atoms with van der Waals surface area (Å²) in [5.41, 5.74) is 1.01. The first-order valence-electron chi connectivity index (χ1n) is 11.4. The van der Waals surface area contributed by atoms with Crippen LogP contribution in [0.25, 0.3) is 6.08 Å². The number of hydrogen-bond donors (Lipinski definition) is 1. The summed E-state index contributed by atoms with van der Waals surface area (Å²) in [5, 5.41) is 2.86. The standard InChI is InChI=1S/C24H38N4O3/c1-4-6-13-23(29)27(14-9-11-21-10-7-8-12-22(21)31-3)18-15-26-16-19-28(20-17-26)24(30)25-5-2/h7-12H,4-6,13-20H2,1-3H3,(H,25,30)/b11-9+. The van der Waals surface area contributed by atoms with Crippen molar-refractivity contribution in [1.29, 1.82) is 0 Å². The largest absolute Gasteiger partial charge is 0.496 e. The maximum Gasteiger partial charge on any atom is 0.317 e. The van der Waals surface area contributed by atoms with Crippen LogP contribution < -0.4 is 10.1 Å². The zero-order valence-electron chi connectivity index (χ0n) is 19.3. The lowest BCUT2D eigenvalue weighted by Gasteiger charge is -2.35. The molecular weight excluding hydrogens is 392 g/mol. The third kappa shape index (κ3) is 8.25. The van der Waals surface area contributed by atoms with Crippen molar-refractivity contribution in [2.24, 2.45) is 0 Å². The average molecular weight is 431 g/mol. The summed E-state index contributed by atoms with van der Waals surface area (Å²) in [5.74, 6) is 1.03. The number of unbranched alkanes of at least 4 members (excludes halogenated alkanes) is 1. The highest BCUT2D eigenvalue weighted by Crippen LogP contribution is 2.18. The van der Waals surface area contributed by atoms with Crippen LogP contribution in [0.2, 0.25) is 0 Å². The molecule has 1 aliphatic rings. The molecule has 0 radical (unpaired) electrons. The van der Waals surface area contributed by atoms with Crippen LogP contribution in [0.3, 0.4) is 0 Å². The summed E-state index contributed by atoms with van der Waals surface area (Å²) in [4.78, 5) is 30.8. The zero-order valence-corrected chi connectivity index (χ0v) is 19.3. The summed E-state index contributed by atoms with van der Waals surface area (Å²) in [6, 6.07) is 7.88. The molecule has 1 heterocycles. The van der Waals surface area contributed by atoms with Gasteiger partial charge in [-0.05, 0) is 19.4 Å². The maximum atomic E-state index is 12.7. The van der Waals surface area contributed by atoms with E-state index in [1.54, 1.807) is 7.11 Å². The Bertz CT molecular complexity index is 715. The van der Waals surface area contributed by atoms with Gasteiger partial charge in [0.25, 0.3) is 0 Å². The number of amides is 3. The van der Waals surface area contributed by atoms with Gasteiger partial charge >= 0.3 is 6.03 Å². The fraction of sp³-hybridized carbons (Fsp3) is 0.583. The van der Waals surface area contributed by atoms with E-state index in [9.17, 15) is 9.59 Å². The topological polar surface area (TPSA) is 65.1 Å². The van der Waals surface area contributed by atoms with Gasteiger partial charge in [0.2, 0.25) is 5.91 Å². The molecule has 0 aromatic heterocycles. The number of methoxy groups -OCH3 is 1. The number of hydrogen-bond acceptors (Lipinski definition) is 4. The van der Waals surface area contributed by atoms with Crippen molar-refractivity contribution in [3.8, 4) is 5.75 Å². The van der Waals surface area contributed by atoms with Crippen LogP contribution in [-0.2, 0) is 4.79 Å². The monoisotopic (exact) mass is 430 g/mol. The van der Waals surface area contributed by atoms with Crippen molar-refractivity contribution in [3.05, 3.63) is 35.9 Å². The summed E-state index contributed by atoms with van der Waals surface area (Å²) in [6.45, 7) is 9.91. The molecule has 0 bridgehead atoms. The summed E-state index contributed by atoms with van der Waals surface area (Å²) >= 11 is 0. The number of benzene rings is 1. The Morgan fingerprint density at radius 3 is 2.58 bits per heavy atom. The minimum absolute atomic E-state index is 0.0139. The van der Waals surface area contributed by atoms with Gasteiger partial charge in [0.05, 0.1) is 7.11 Å². The molecule has 172 valence electrons. The van der Waals surface area contributed by atoms with Crippen molar-refractivity contribution in [2.75, 3.05) is 59.5 Å². The van der Waals surface area contributed by atoms with E-state index in [0.717, 1.165) is 56.9 Å². The van der Waals surface area contributed by atoms with Crippen LogP contribution in [0, 0.1) is 0 Å². The van der Waals surface area contributed by atoms with Gasteiger partial charge in [-0.3, -0.25) is 9.69 Å². The van der Waals surface area contributed by atoms with E-state index in [4.69, 9.17) is 4.74 Å². The second kappa shape index (κ2) is 13.7. The molecule has 3 amide bonds. The molecule has 7 nitrogen and oxygen atoms in total. The first kappa shape index (κ1) is 24.7. The first-order valence-corrected chi connectivity index (χ1v) is 11.4. The molecule has 31 heavy (non-hydrogen) atoms. The lowest BCUT2D eigenvalue weighted by molar-refractivity contribution is -0.131. The first-order chi connectivity index (χ1) is 15.1. The molecule has 1 saturated heterocycles. The van der Waals surface area contributed by atoms with Gasteiger partial charge in [0.15, 0.2) is 0 Å². The van der Waals surface area contributed by atoms with E-state index in [1.165, 1.54) is 0 Å².